The minimum Gasteiger partial charge on any atom is -0.454 e. The Kier molecular flexibility index (Phi) is 3.72. The number of fused-ring (bicyclic) bond motifs is 2. The number of para-hydroxylation sites is 1. The van der Waals surface area contributed by atoms with E-state index in [9.17, 15) is 5.26 Å². The van der Waals surface area contributed by atoms with Crippen LogP contribution in [0, 0.1) is 11.3 Å². The van der Waals surface area contributed by atoms with Crippen molar-refractivity contribution in [1.29, 1.82) is 5.26 Å². The molecular weight excluding hydrogens is 356 g/mol. The highest BCUT2D eigenvalue weighted by Gasteiger charge is 2.26. The van der Waals surface area contributed by atoms with Crippen LogP contribution < -0.4 is 4.74 Å². The molecule has 0 atom stereocenters. The maximum atomic E-state index is 9.64. The van der Waals surface area contributed by atoms with Gasteiger partial charge in [0.15, 0.2) is 5.75 Å². The van der Waals surface area contributed by atoms with Crippen LogP contribution in [0.2, 0.25) is 0 Å². The lowest BCUT2D eigenvalue weighted by atomic mass is 9.86. The molecular formula is C26H20N2O. The van der Waals surface area contributed by atoms with E-state index >= 15 is 0 Å². The zero-order valence-electron chi connectivity index (χ0n) is 16.7. The van der Waals surface area contributed by atoms with E-state index in [1.54, 1.807) is 0 Å². The topological polar surface area (TPSA) is 45.9 Å². The summed E-state index contributed by atoms with van der Waals surface area (Å²) in [6, 6.07) is 22.6. The molecule has 0 fully saturated rings. The van der Waals surface area contributed by atoms with E-state index in [0.29, 0.717) is 11.3 Å². The smallest absolute Gasteiger partial charge is 0.153 e. The highest BCUT2D eigenvalue weighted by molar-refractivity contribution is 6.06. The van der Waals surface area contributed by atoms with E-state index in [1.807, 2.05) is 36.5 Å². The zero-order chi connectivity index (χ0) is 20.2. The van der Waals surface area contributed by atoms with Gasteiger partial charge in [0.2, 0.25) is 0 Å². The van der Waals surface area contributed by atoms with Crippen LogP contribution >= 0.6 is 0 Å². The van der Waals surface area contributed by atoms with Gasteiger partial charge in [-0.3, -0.25) is 4.98 Å². The fraction of sp³-hybridized carbons (Fsp3) is 0.154. The van der Waals surface area contributed by atoms with Gasteiger partial charge in [-0.1, -0.05) is 57.2 Å². The molecule has 0 saturated heterocycles. The van der Waals surface area contributed by atoms with Crippen molar-refractivity contribution in [2.75, 3.05) is 0 Å². The molecule has 1 aromatic heterocycles. The maximum absolute atomic E-state index is 9.64. The normalized spacial score (nSPS) is 12.2. The number of nitrogens with zero attached hydrogens (tertiary/aromatic N) is 2. The number of aromatic nitrogens is 1. The van der Waals surface area contributed by atoms with E-state index in [1.165, 1.54) is 5.56 Å². The lowest BCUT2D eigenvalue weighted by Gasteiger charge is -2.24. The second kappa shape index (κ2) is 6.18. The zero-order valence-corrected chi connectivity index (χ0v) is 16.7. The number of rotatable bonds is 1. The molecule has 29 heavy (non-hydrogen) atoms. The Morgan fingerprint density at radius 3 is 2.41 bits per heavy atom. The summed E-state index contributed by atoms with van der Waals surface area (Å²) < 4.78 is 6.42. The van der Waals surface area contributed by atoms with Crippen molar-refractivity contribution in [2.45, 2.75) is 26.2 Å². The predicted molar refractivity (Wildman–Crippen MR) is 116 cm³/mol. The molecule has 4 aromatic rings. The molecule has 0 amide bonds. The monoisotopic (exact) mass is 376 g/mol. The largest absolute Gasteiger partial charge is 0.454 e. The lowest BCUT2D eigenvalue weighted by Crippen LogP contribution is -2.11. The molecule has 0 radical (unpaired) electrons. The van der Waals surface area contributed by atoms with E-state index in [2.05, 4.69) is 62.2 Å². The Balaban J connectivity index is 1.79. The van der Waals surface area contributed by atoms with Gasteiger partial charge in [-0.15, -0.1) is 0 Å². The summed E-state index contributed by atoms with van der Waals surface area (Å²) in [5.41, 5.74) is 5.71. The standard InChI is InChI=1S/C26H20N2O/c1-26(2,3)18-12-13-28-22(14-18)21-9-5-8-20-19-7-4-6-16-10-11-17(15-27)24(23(16)19)29-25(20)21/h4-14H,1-3H3. The molecule has 0 bridgehead atoms. The van der Waals surface area contributed by atoms with Gasteiger partial charge in [0.25, 0.3) is 0 Å². The molecule has 5 rings (SSSR count). The van der Waals surface area contributed by atoms with Crippen LogP contribution in [-0.2, 0) is 5.41 Å². The number of ether oxygens (including phenoxy) is 1. The maximum Gasteiger partial charge on any atom is 0.153 e. The predicted octanol–water partition coefficient (Wildman–Crippen LogP) is 6.84. The van der Waals surface area contributed by atoms with Gasteiger partial charge in [0.1, 0.15) is 11.8 Å². The van der Waals surface area contributed by atoms with Crippen molar-refractivity contribution in [3.05, 3.63) is 78.0 Å². The molecule has 0 spiro atoms. The van der Waals surface area contributed by atoms with Crippen LogP contribution in [0.3, 0.4) is 0 Å². The first kappa shape index (κ1) is 17.5. The summed E-state index contributed by atoms with van der Waals surface area (Å²) in [6.07, 6.45) is 1.85. The Morgan fingerprint density at radius 1 is 0.862 bits per heavy atom. The van der Waals surface area contributed by atoms with Gasteiger partial charge in [-0.25, -0.2) is 0 Å². The number of hydrogen-bond acceptors (Lipinski definition) is 3. The molecule has 3 nitrogen and oxygen atoms in total. The highest BCUT2D eigenvalue weighted by atomic mass is 16.5. The molecule has 0 unspecified atom stereocenters. The van der Waals surface area contributed by atoms with E-state index in [0.717, 1.165) is 38.9 Å². The fourth-order valence-electron chi connectivity index (χ4n) is 3.97. The first-order valence-electron chi connectivity index (χ1n) is 9.71. The van der Waals surface area contributed by atoms with Gasteiger partial charge in [-0.05, 0) is 46.2 Å². The van der Waals surface area contributed by atoms with Crippen LogP contribution in [0.4, 0.5) is 0 Å². The Hall–Kier alpha value is -3.64. The third-order valence-electron chi connectivity index (χ3n) is 5.53. The summed E-state index contributed by atoms with van der Waals surface area (Å²) in [5.74, 6) is 1.39. The number of nitriles is 1. The van der Waals surface area contributed by atoms with Crippen molar-refractivity contribution in [1.82, 2.24) is 4.98 Å². The first-order valence-corrected chi connectivity index (χ1v) is 9.71. The molecule has 0 N–H and O–H groups in total. The average Bonchev–Trinajstić information content (AvgIpc) is 2.73. The van der Waals surface area contributed by atoms with Crippen LogP contribution in [0.1, 0.15) is 31.9 Å². The Labute approximate surface area is 170 Å². The van der Waals surface area contributed by atoms with Crippen LogP contribution in [0.25, 0.3) is 33.2 Å². The number of hydrogen-bond donors (Lipinski definition) is 0. The number of benzene rings is 3. The lowest BCUT2D eigenvalue weighted by molar-refractivity contribution is 0.487. The summed E-state index contributed by atoms with van der Waals surface area (Å²) in [4.78, 5) is 4.63. The van der Waals surface area contributed by atoms with Crippen LogP contribution in [0.5, 0.6) is 11.5 Å². The number of pyridine rings is 1. The SMILES string of the molecule is CC(C)(C)c1ccnc(-c2cccc3c2Oc2c(C#N)ccc4cccc-3c24)c1. The van der Waals surface area contributed by atoms with Crippen molar-refractivity contribution in [3.63, 3.8) is 0 Å². The molecule has 1 aliphatic heterocycles. The molecule has 3 heteroatoms. The Bertz CT molecular complexity index is 1320. The first-order chi connectivity index (χ1) is 14.0. The van der Waals surface area contributed by atoms with Crippen molar-refractivity contribution in [2.24, 2.45) is 0 Å². The second-order valence-electron chi connectivity index (χ2n) is 8.42. The third kappa shape index (κ3) is 2.68. The van der Waals surface area contributed by atoms with E-state index < -0.39 is 0 Å². The quantitative estimate of drug-likeness (QED) is 0.321. The van der Waals surface area contributed by atoms with Gasteiger partial charge < -0.3 is 4.74 Å². The minimum absolute atomic E-state index is 0.0273. The molecule has 0 saturated carbocycles. The molecule has 2 heterocycles. The fourth-order valence-corrected chi connectivity index (χ4v) is 3.97. The Morgan fingerprint density at radius 2 is 1.62 bits per heavy atom. The second-order valence-corrected chi connectivity index (χ2v) is 8.42. The van der Waals surface area contributed by atoms with Crippen LogP contribution in [-0.4, -0.2) is 4.98 Å². The molecule has 0 aliphatic carbocycles. The summed E-state index contributed by atoms with van der Waals surface area (Å²) in [6.45, 7) is 6.58. The molecule has 140 valence electrons. The van der Waals surface area contributed by atoms with E-state index in [-0.39, 0.29) is 5.41 Å². The van der Waals surface area contributed by atoms with Crippen molar-refractivity contribution < 1.29 is 4.74 Å². The third-order valence-corrected chi connectivity index (χ3v) is 5.53. The average molecular weight is 376 g/mol. The van der Waals surface area contributed by atoms with Gasteiger partial charge in [0, 0.05) is 22.7 Å². The van der Waals surface area contributed by atoms with E-state index in [4.69, 9.17) is 4.74 Å². The minimum atomic E-state index is 0.0273. The van der Waals surface area contributed by atoms with Gasteiger partial charge in [-0.2, -0.15) is 5.26 Å². The van der Waals surface area contributed by atoms with Crippen LogP contribution in [0.15, 0.2) is 66.9 Å². The summed E-state index contributed by atoms with van der Waals surface area (Å²) in [5, 5.41) is 11.7. The summed E-state index contributed by atoms with van der Waals surface area (Å²) >= 11 is 0. The highest BCUT2D eigenvalue weighted by Crippen LogP contribution is 2.51. The van der Waals surface area contributed by atoms with Crippen molar-refractivity contribution in [3.8, 4) is 40.0 Å². The molecule has 3 aromatic carbocycles. The summed E-state index contributed by atoms with van der Waals surface area (Å²) in [7, 11) is 0. The van der Waals surface area contributed by atoms with Gasteiger partial charge in [0.05, 0.1) is 11.3 Å². The van der Waals surface area contributed by atoms with Crippen molar-refractivity contribution >= 4 is 10.8 Å². The molecule has 1 aliphatic rings. The van der Waals surface area contributed by atoms with Gasteiger partial charge >= 0.3 is 0 Å².